The summed E-state index contributed by atoms with van der Waals surface area (Å²) >= 11 is 5.93. The van der Waals surface area contributed by atoms with Crippen LogP contribution in [0.5, 0.6) is 0 Å². The molecule has 2 aromatic rings. The number of anilines is 1. The Morgan fingerprint density at radius 2 is 1.74 bits per heavy atom. The van der Waals surface area contributed by atoms with Crippen molar-refractivity contribution < 1.29 is 9.59 Å². The van der Waals surface area contributed by atoms with E-state index in [-0.39, 0.29) is 11.8 Å². The zero-order chi connectivity index (χ0) is 21.8. The molecule has 6 nitrogen and oxygen atoms in total. The van der Waals surface area contributed by atoms with Crippen LogP contribution in [-0.2, 0) is 22.7 Å². The minimum atomic E-state index is -0.635. The zero-order valence-corrected chi connectivity index (χ0v) is 18.6. The van der Waals surface area contributed by atoms with Crippen molar-refractivity contribution in [1.29, 1.82) is 0 Å². The van der Waals surface area contributed by atoms with Crippen molar-refractivity contribution in [3.05, 3.63) is 64.7 Å². The lowest BCUT2D eigenvalue weighted by atomic mass is 10.1. The summed E-state index contributed by atoms with van der Waals surface area (Å²) in [5, 5.41) is 3.59. The van der Waals surface area contributed by atoms with Gasteiger partial charge in [0.15, 0.2) is 0 Å². The summed E-state index contributed by atoms with van der Waals surface area (Å²) in [6, 6.07) is 15.5. The average molecular weight is 441 g/mol. The van der Waals surface area contributed by atoms with Crippen LogP contribution in [0.4, 0.5) is 5.69 Å². The Morgan fingerprint density at radius 1 is 1.03 bits per heavy atom. The number of hydrogen-bond donors (Lipinski definition) is 1. The van der Waals surface area contributed by atoms with Crippen LogP contribution >= 0.6 is 11.6 Å². The van der Waals surface area contributed by atoms with E-state index < -0.39 is 5.92 Å². The summed E-state index contributed by atoms with van der Waals surface area (Å²) in [4.78, 5) is 31.9. The quantitative estimate of drug-likeness (QED) is 0.702. The number of benzene rings is 2. The molecule has 2 aromatic carbocycles. The van der Waals surface area contributed by atoms with Crippen LogP contribution in [0.2, 0.25) is 5.02 Å². The molecule has 31 heavy (non-hydrogen) atoms. The fraction of sp³-hybridized carbons (Fsp3) is 0.417. The van der Waals surface area contributed by atoms with Gasteiger partial charge in [-0.3, -0.25) is 14.5 Å². The highest BCUT2D eigenvalue weighted by atomic mass is 35.5. The van der Waals surface area contributed by atoms with E-state index in [0.29, 0.717) is 24.5 Å². The van der Waals surface area contributed by atoms with Gasteiger partial charge in [0.05, 0.1) is 0 Å². The molecular formula is C24H29ClN4O2. The van der Waals surface area contributed by atoms with E-state index in [1.54, 1.807) is 17.0 Å². The standard InChI is InChI=1S/C24H29ClN4O2/c1-27-11-13-28(14-12-27)17-19-4-2-3-18(15-19)16-26-23(30)22-9-10-29(24(22)31)21-7-5-20(25)6-8-21/h2-8,15,22H,9-14,16-17H2,1H3,(H,26,30). The SMILES string of the molecule is CN1CCN(Cc2cccc(CNC(=O)C3CCN(c4ccc(Cl)cc4)C3=O)c2)CC1. The number of carbonyl (C=O) groups excluding carboxylic acids is 2. The van der Waals surface area contributed by atoms with Crippen LogP contribution in [0.15, 0.2) is 48.5 Å². The minimum Gasteiger partial charge on any atom is -0.351 e. The maximum atomic E-state index is 12.8. The number of nitrogens with one attached hydrogen (secondary N) is 1. The number of piperazine rings is 1. The molecule has 0 aromatic heterocycles. The van der Waals surface area contributed by atoms with Gasteiger partial charge in [0.2, 0.25) is 11.8 Å². The van der Waals surface area contributed by atoms with Gasteiger partial charge in [-0.2, -0.15) is 0 Å². The van der Waals surface area contributed by atoms with E-state index in [2.05, 4.69) is 34.3 Å². The highest BCUT2D eigenvalue weighted by Gasteiger charge is 2.37. The van der Waals surface area contributed by atoms with E-state index >= 15 is 0 Å². The second-order valence-corrected chi connectivity index (χ2v) is 8.86. The molecule has 7 heteroatoms. The summed E-state index contributed by atoms with van der Waals surface area (Å²) in [7, 11) is 2.16. The number of amides is 2. The molecule has 0 bridgehead atoms. The summed E-state index contributed by atoms with van der Waals surface area (Å²) in [6.07, 6.45) is 0.525. The zero-order valence-electron chi connectivity index (χ0n) is 17.9. The number of nitrogens with zero attached hydrogens (tertiary/aromatic N) is 3. The van der Waals surface area contributed by atoms with Crippen LogP contribution in [-0.4, -0.2) is 61.4 Å². The lowest BCUT2D eigenvalue weighted by Gasteiger charge is -2.32. The van der Waals surface area contributed by atoms with Crippen molar-refractivity contribution in [3.63, 3.8) is 0 Å². The highest BCUT2D eigenvalue weighted by Crippen LogP contribution is 2.26. The molecule has 0 radical (unpaired) electrons. The van der Waals surface area contributed by atoms with Gasteiger partial charge in [0, 0.05) is 56.5 Å². The molecule has 2 fully saturated rings. The van der Waals surface area contributed by atoms with Crippen LogP contribution in [0.1, 0.15) is 17.5 Å². The molecule has 4 rings (SSSR count). The molecule has 164 valence electrons. The van der Waals surface area contributed by atoms with Crippen LogP contribution < -0.4 is 10.2 Å². The summed E-state index contributed by atoms with van der Waals surface area (Å²) in [6.45, 7) is 6.24. The predicted octanol–water partition coefficient (Wildman–Crippen LogP) is 2.76. The molecule has 1 atom stereocenters. The largest absolute Gasteiger partial charge is 0.351 e. The van der Waals surface area contributed by atoms with Gasteiger partial charge in [-0.25, -0.2) is 0 Å². The van der Waals surface area contributed by atoms with E-state index in [1.165, 1.54) is 5.56 Å². The van der Waals surface area contributed by atoms with Crippen LogP contribution in [0.25, 0.3) is 0 Å². The molecule has 2 aliphatic rings. The summed E-state index contributed by atoms with van der Waals surface area (Å²) in [5.74, 6) is -0.987. The minimum absolute atomic E-state index is 0.149. The van der Waals surface area contributed by atoms with Crippen molar-refractivity contribution in [2.45, 2.75) is 19.5 Å². The third kappa shape index (κ3) is 5.45. The second kappa shape index (κ2) is 9.81. The fourth-order valence-corrected chi connectivity index (χ4v) is 4.34. The van der Waals surface area contributed by atoms with Crippen molar-refractivity contribution in [1.82, 2.24) is 15.1 Å². The van der Waals surface area contributed by atoms with Gasteiger partial charge < -0.3 is 15.1 Å². The molecular weight excluding hydrogens is 412 g/mol. The first kappa shape index (κ1) is 21.8. The maximum absolute atomic E-state index is 12.8. The Labute approximate surface area is 188 Å². The second-order valence-electron chi connectivity index (χ2n) is 8.42. The number of halogens is 1. The van der Waals surface area contributed by atoms with Gasteiger partial charge in [-0.15, -0.1) is 0 Å². The maximum Gasteiger partial charge on any atom is 0.239 e. The molecule has 0 aliphatic carbocycles. The molecule has 2 amide bonds. The van der Waals surface area contributed by atoms with Crippen LogP contribution in [0.3, 0.4) is 0 Å². The Balaban J connectivity index is 1.30. The Hall–Kier alpha value is -2.41. The van der Waals surface area contributed by atoms with E-state index in [1.807, 2.05) is 24.3 Å². The van der Waals surface area contributed by atoms with E-state index in [4.69, 9.17) is 11.6 Å². The monoisotopic (exact) mass is 440 g/mol. The predicted molar refractivity (Wildman–Crippen MR) is 123 cm³/mol. The lowest BCUT2D eigenvalue weighted by molar-refractivity contribution is -0.132. The first-order chi connectivity index (χ1) is 15.0. The molecule has 2 saturated heterocycles. The van der Waals surface area contributed by atoms with Crippen molar-refractivity contribution in [3.8, 4) is 0 Å². The number of likely N-dealkylation sites (N-methyl/N-ethyl adjacent to an activating group) is 1. The molecule has 1 N–H and O–H groups in total. The number of rotatable bonds is 6. The first-order valence-electron chi connectivity index (χ1n) is 10.8. The van der Waals surface area contributed by atoms with Gasteiger partial charge in [-0.05, 0) is 48.9 Å². The summed E-state index contributed by atoms with van der Waals surface area (Å²) in [5.41, 5.74) is 3.09. The molecule has 1 unspecified atom stereocenters. The van der Waals surface area contributed by atoms with E-state index in [9.17, 15) is 9.59 Å². The number of hydrogen-bond acceptors (Lipinski definition) is 4. The Kier molecular flexibility index (Phi) is 6.90. The molecule has 0 saturated carbocycles. The first-order valence-corrected chi connectivity index (χ1v) is 11.2. The summed E-state index contributed by atoms with van der Waals surface area (Å²) < 4.78 is 0. The Bertz CT molecular complexity index is 925. The smallest absolute Gasteiger partial charge is 0.239 e. The molecule has 0 spiro atoms. The third-order valence-electron chi connectivity index (χ3n) is 6.12. The lowest BCUT2D eigenvalue weighted by Crippen LogP contribution is -2.43. The van der Waals surface area contributed by atoms with Crippen LogP contribution in [0, 0.1) is 5.92 Å². The third-order valence-corrected chi connectivity index (χ3v) is 6.37. The van der Waals surface area contributed by atoms with Gasteiger partial charge in [-0.1, -0.05) is 35.9 Å². The average Bonchev–Trinajstić information content (AvgIpc) is 3.16. The van der Waals surface area contributed by atoms with Crippen molar-refractivity contribution in [2.75, 3.05) is 44.7 Å². The van der Waals surface area contributed by atoms with Crippen molar-refractivity contribution >= 4 is 29.1 Å². The normalized spacial score (nSPS) is 20.3. The van der Waals surface area contributed by atoms with Gasteiger partial charge in [0.1, 0.15) is 5.92 Å². The van der Waals surface area contributed by atoms with Gasteiger partial charge >= 0.3 is 0 Å². The Morgan fingerprint density at radius 3 is 2.48 bits per heavy atom. The number of carbonyl (C=O) groups is 2. The van der Waals surface area contributed by atoms with Gasteiger partial charge in [0.25, 0.3) is 0 Å². The molecule has 2 aliphatic heterocycles. The van der Waals surface area contributed by atoms with E-state index in [0.717, 1.165) is 44.0 Å². The highest BCUT2D eigenvalue weighted by molar-refractivity contribution is 6.30. The fourth-order valence-electron chi connectivity index (χ4n) is 4.22. The van der Waals surface area contributed by atoms with Crippen molar-refractivity contribution in [2.24, 2.45) is 5.92 Å². The topological polar surface area (TPSA) is 55.9 Å². The molecule has 2 heterocycles.